The fraction of sp³-hybridized carbons (Fsp3) is 0.500. The van der Waals surface area contributed by atoms with Crippen LogP contribution in [0.2, 0.25) is 0 Å². The Balaban J connectivity index is 1.73. The van der Waals surface area contributed by atoms with Crippen LogP contribution in [0.15, 0.2) is 29.3 Å². The summed E-state index contributed by atoms with van der Waals surface area (Å²) >= 11 is 0. The fourth-order valence-corrected chi connectivity index (χ4v) is 2.43. The minimum Gasteiger partial charge on any atom is -0.476 e. The highest BCUT2D eigenvalue weighted by molar-refractivity contribution is 5.95. The summed E-state index contributed by atoms with van der Waals surface area (Å²) in [6.45, 7) is 5.90. The Morgan fingerprint density at radius 2 is 2.00 bits per heavy atom. The summed E-state index contributed by atoms with van der Waals surface area (Å²) in [5, 5.41) is 3.42. The lowest BCUT2D eigenvalue weighted by Crippen LogP contribution is -2.27. The van der Waals surface area contributed by atoms with Crippen molar-refractivity contribution in [3.8, 4) is 0 Å². The summed E-state index contributed by atoms with van der Waals surface area (Å²) in [4.78, 5) is 6.77. The maximum atomic E-state index is 5.47. The van der Waals surface area contributed by atoms with Gasteiger partial charge in [0.2, 0.25) is 5.90 Å². The molecule has 4 nitrogen and oxygen atoms in total. The van der Waals surface area contributed by atoms with Crippen molar-refractivity contribution in [2.24, 2.45) is 4.99 Å². The average molecular weight is 245 g/mol. The first-order valence-corrected chi connectivity index (χ1v) is 6.67. The first-order valence-electron chi connectivity index (χ1n) is 6.67. The van der Waals surface area contributed by atoms with Gasteiger partial charge in [0, 0.05) is 30.9 Å². The van der Waals surface area contributed by atoms with E-state index in [-0.39, 0.29) is 0 Å². The molecule has 0 spiro atoms. The maximum absolute atomic E-state index is 5.47. The van der Waals surface area contributed by atoms with Crippen molar-refractivity contribution in [3.63, 3.8) is 0 Å². The van der Waals surface area contributed by atoms with Gasteiger partial charge in [-0.15, -0.1) is 0 Å². The van der Waals surface area contributed by atoms with Crippen molar-refractivity contribution in [2.45, 2.75) is 6.42 Å². The first-order chi connectivity index (χ1) is 8.93. The summed E-state index contributed by atoms with van der Waals surface area (Å²) in [5.41, 5.74) is 2.38. The van der Waals surface area contributed by atoms with Gasteiger partial charge >= 0.3 is 0 Å². The molecule has 18 heavy (non-hydrogen) atoms. The average Bonchev–Trinajstić information content (AvgIpc) is 2.82. The van der Waals surface area contributed by atoms with Crippen molar-refractivity contribution in [2.75, 3.05) is 44.2 Å². The lowest BCUT2D eigenvalue weighted by atomic mass is 10.2. The minimum absolute atomic E-state index is 0.717. The van der Waals surface area contributed by atoms with Crippen LogP contribution < -0.4 is 10.2 Å². The number of ether oxygens (including phenoxy) is 1. The third-order valence-corrected chi connectivity index (χ3v) is 3.40. The normalized spacial score (nSPS) is 20.2. The molecule has 2 heterocycles. The van der Waals surface area contributed by atoms with Gasteiger partial charge in [-0.2, -0.15) is 0 Å². The molecule has 1 N–H and O–H groups in total. The van der Waals surface area contributed by atoms with Crippen molar-refractivity contribution in [1.29, 1.82) is 0 Å². The predicted molar refractivity (Wildman–Crippen MR) is 73.5 cm³/mol. The molecule has 1 aromatic rings. The van der Waals surface area contributed by atoms with Crippen LogP contribution in [0.3, 0.4) is 0 Å². The standard InChI is InChI=1S/C14H19N3O/c1-6-15-7-10-17(9-1)13-4-2-12(3-5-13)14-16-8-11-18-14/h2-5,15H,1,6-11H2. The molecular weight excluding hydrogens is 226 g/mol. The van der Waals surface area contributed by atoms with Gasteiger partial charge in [-0.3, -0.25) is 0 Å². The quantitative estimate of drug-likeness (QED) is 0.852. The summed E-state index contributed by atoms with van der Waals surface area (Å²) in [7, 11) is 0. The van der Waals surface area contributed by atoms with Crippen molar-refractivity contribution >= 4 is 11.6 Å². The molecule has 0 unspecified atom stereocenters. The van der Waals surface area contributed by atoms with Crippen molar-refractivity contribution in [1.82, 2.24) is 5.32 Å². The number of hydrogen-bond acceptors (Lipinski definition) is 4. The third-order valence-electron chi connectivity index (χ3n) is 3.40. The van der Waals surface area contributed by atoms with Crippen LogP contribution >= 0.6 is 0 Å². The van der Waals surface area contributed by atoms with Crippen LogP contribution in [0.1, 0.15) is 12.0 Å². The second kappa shape index (κ2) is 5.40. The highest BCUT2D eigenvalue weighted by atomic mass is 16.5. The minimum atomic E-state index is 0.717. The monoisotopic (exact) mass is 245 g/mol. The van der Waals surface area contributed by atoms with Gasteiger partial charge in [0.1, 0.15) is 6.61 Å². The molecule has 2 aliphatic rings. The number of nitrogens with zero attached hydrogens (tertiary/aromatic N) is 2. The highest BCUT2D eigenvalue weighted by Crippen LogP contribution is 2.17. The van der Waals surface area contributed by atoms with E-state index in [9.17, 15) is 0 Å². The molecule has 1 aromatic carbocycles. The van der Waals surface area contributed by atoms with E-state index < -0.39 is 0 Å². The molecule has 0 atom stereocenters. The zero-order chi connectivity index (χ0) is 12.2. The van der Waals surface area contributed by atoms with Gasteiger partial charge in [0.25, 0.3) is 0 Å². The van der Waals surface area contributed by atoms with Crippen LogP contribution in [-0.2, 0) is 4.74 Å². The zero-order valence-electron chi connectivity index (χ0n) is 10.6. The molecule has 0 saturated carbocycles. The first kappa shape index (κ1) is 11.5. The summed E-state index contributed by atoms with van der Waals surface area (Å²) < 4.78 is 5.47. The summed E-state index contributed by atoms with van der Waals surface area (Å²) in [6.07, 6.45) is 1.21. The molecular formula is C14H19N3O. The van der Waals surface area contributed by atoms with E-state index >= 15 is 0 Å². The molecule has 0 amide bonds. The fourth-order valence-electron chi connectivity index (χ4n) is 2.43. The topological polar surface area (TPSA) is 36.9 Å². The van der Waals surface area contributed by atoms with Crippen LogP contribution in [0.4, 0.5) is 5.69 Å². The molecule has 0 aliphatic carbocycles. The number of anilines is 1. The van der Waals surface area contributed by atoms with E-state index in [4.69, 9.17) is 4.74 Å². The van der Waals surface area contributed by atoms with Crippen molar-refractivity contribution in [3.05, 3.63) is 29.8 Å². The molecule has 3 rings (SSSR count). The lowest BCUT2D eigenvalue weighted by Gasteiger charge is -2.22. The van der Waals surface area contributed by atoms with E-state index in [1.165, 1.54) is 12.1 Å². The second-order valence-corrected chi connectivity index (χ2v) is 4.67. The molecule has 2 aliphatic heterocycles. The Kier molecular flexibility index (Phi) is 3.46. The van der Waals surface area contributed by atoms with Gasteiger partial charge in [0.05, 0.1) is 6.54 Å². The van der Waals surface area contributed by atoms with E-state index in [1.54, 1.807) is 0 Å². The Morgan fingerprint density at radius 3 is 2.78 bits per heavy atom. The molecule has 0 bridgehead atoms. The SMILES string of the molecule is c1cc(N2CCCNCC2)ccc1C1=NCCO1. The Labute approximate surface area is 108 Å². The number of benzene rings is 1. The Morgan fingerprint density at radius 1 is 1.11 bits per heavy atom. The van der Waals surface area contributed by atoms with Gasteiger partial charge in [-0.05, 0) is 37.2 Å². The Bertz CT molecular complexity index is 419. The van der Waals surface area contributed by atoms with Crippen LogP contribution in [-0.4, -0.2) is 45.2 Å². The van der Waals surface area contributed by atoms with Gasteiger partial charge < -0.3 is 15.0 Å². The van der Waals surface area contributed by atoms with Gasteiger partial charge in [0.15, 0.2) is 0 Å². The molecule has 96 valence electrons. The van der Waals surface area contributed by atoms with Crippen LogP contribution in [0.5, 0.6) is 0 Å². The van der Waals surface area contributed by atoms with E-state index in [2.05, 4.69) is 39.5 Å². The highest BCUT2D eigenvalue weighted by Gasteiger charge is 2.12. The van der Waals surface area contributed by atoms with E-state index in [0.717, 1.165) is 50.8 Å². The molecule has 0 aromatic heterocycles. The maximum Gasteiger partial charge on any atom is 0.216 e. The Hall–Kier alpha value is -1.55. The number of nitrogens with one attached hydrogen (secondary N) is 1. The zero-order valence-corrected chi connectivity index (χ0v) is 10.6. The summed E-state index contributed by atoms with van der Waals surface area (Å²) in [6, 6.07) is 8.56. The second-order valence-electron chi connectivity index (χ2n) is 4.67. The largest absolute Gasteiger partial charge is 0.476 e. The van der Waals surface area contributed by atoms with E-state index in [1.807, 2.05) is 0 Å². The van der Waals surface area contributed by atoms with Crippen molar-refractivity contribution < 1.29 is 4.74 Å². The molecule has 1 saturated heterocycles. The molecule has 1 fully saturated rings. The number of hydrogen-bond donors (Lipinski definition) is 1. The predicted octanol–water partition coefficient (Wildman–Crippen LogP) is 1.26. The van der Waals surface area contributed by atoms with Gasteiger partial charge in [-0.1, -0.05) is 0 Å². The smallest absolute Gasteiger partial charge is 0.216 e. The summed E-state index contributed by atoms with van der Waals surface area (Å²) in [5.74, 6) is 0.791. The number of aliphatic imine (C=N–C) groups is 1. The van der Waals surface area contributed by atoms with Crippen LogP contribution in [0.25, 0.3) is 0 Å². The van der Waals surface area contributed by atoms with Crippen LogP contribution in [0, 0.1) is 0 Å². The van der Waals surface area contributed by atoms with E-state index in [0.29, 0.717) is 0 Å². The molecule has 0 radical (unpaired) electrons. The van der Waals surface area contributed by atoms with Gasteiger partial charge in [-0.25, -0.2) is 4.99 Å². The number of rotatable bonds is 2. The lowest BCUT2D eigenvalue weighted by molar-refractivity contribution is 0.348. The molecule has 4 heteroatoms. The third kappa shape index (κ3) is 2.48.